The van der Waals surface area contributed by atoms with E-state index in [1.165, 1.54) is 0 Å². The molecule has 1 atom stereocenters. The molecule has 3 aromatic heterocycles. The lowest BCUT2D eigenvalue weighted by Crippen LogP contribution is -2.19. The summed E-state index contributed by atoms with van der Waals surface area (Å²) >= 11 is 0. The van der Waals surface area contributed by atoms with Gasteiger partial charge in [-0.15, -0.1) is 0 Å². The third kappa shape index (κ3) is 4.20. The van der Waals surface area contributed by atoms with Crippen LogP contribution in [0.4, 0.5) is 11.5 Å². The number of nitrogens with zero attached hydrogens (tertiary/aromatic N) is 5. The molecule has 3 heterocycles. The van der Waals surface area contributed by atoms with Crippen LogP contribution in [-0.4, -0.2) is 38.0 Å². The van der Waals surface area contributed by atoms with Crippen LogP contribution in [0.25, 0.3) is 22.2 Å². The maximum Gasteiger partial charge on any atom is 0.152 e. The highest BCUT2D eigenvalue weighted by molar-refractivity contribution is 5.79. The van der Waals surface area contributed by atoms with Crippen molar-refractivity contribution in [3.8, 4) is 11.3 Å². The number of aromatic nitrogens is 4. The van der Waals surface area contributed by atoms with E-state index in [0.717, 1.165) is 33.5 Å². The van der Waals surface area contributed by atoms with E-state index >= 15 is 0 Å². The van der Waals surface area contributed by atoms with E-state index < -0.39 is 6.10 Å². The predicted octanol–water partition coefficient (Wildman–Crippen LogP) is 3.09. The van der Waals surface area contributed by atoms with Gasteiger partial charge in [0.1, 0.15) is 0 Å². The Morgan fingerprint density at radius 1 is 1.21 bits per heavy atom. The first-order valence-electron chi connectivity index (χ1n) is 9.52. The molecule has 4 aromatic rings. The number of aliphatic hydroxyl groups excluding tert-OH is 1. The van der Waals surface area contributed by atoms with E-state index in [1.807, 2.05) is 42.4 Å². The van der Waals surface area contributed by atoms with Crippen molar-refractivity contribution in [2.75, 3.05) is 17.7 Å². The first-order valence-corrected chi connectivity index (χ1v) is 9.52. The van der Waals surface area contributed by atoms with E-state index in [2.05, 4.69) is 28.3 Å². The summed E-state index contributed by atoms with van der Waals surface area (Å²) in [6.45, 7) is 2.85. The topological polar surface area (TPSA) is 93.1 Å². The van der Waals surface area contributed by atoms with Gasteiger partial charge in [0.25, 0.3) is 0 Å². The Labute approximate surface area is 169 Å². The molecule has 4 rings (SSSR count). The fraction of sp³-hybridized carbons (Fsp3) is 0.227. The molecular formula is C22H24N6O. The van der Waals surface area contributed by atoms with Crippen LogP contribution in [0, 0.1) is 0 Å². The first-order chi connectivity index (χ1) is 14.0. The van der Waals surface area contributed by atoms with E-state index in [1.54, 1.807) is 24.0 Å². The quantitative estimate of drug-likeness (QED) is 0.527. The number of benzene rings is 1. The number of aliphatic hydroxyl groups is 1. The largest absolute Gasteiger partial charge is 0.396 e. The molecule has 148 valence electrons. The zero-order chi connectivity index (χ0) is 20.4. The van der Waals surface area contributed by atoms with E-state index in [-0.39, 0.29) is 0 Å². The van der Waals surface area contributed by atoms with Gasteiger partial charge in [0.05, 0.1) is 35.7 Å². The number of hydrogen-bond donors (Lipinski definition) is 2. The highest BCUT2D eigenvalue weighted by Gasteiger charge is 2.12. The molecule has 0 aliphatic heterocycles. The average molecular weight is 388 g/mol. The van der Waals surface area contributed by atoms with E-state index in [4.69, 9.17) is 10.7 Å². The van der Waals surface area contributed by atoms with Crippen LogP contribution in [0.15, 0.2) is 61.1 Å². The van der Waals surface area contributed by atoms with Crippen molar-refractivity contribution in [3.05, 3.63) is 66.6 Å². The molecule has 7 nitrogen and oxygen atoms in total. The Balaban J connectivity index is 1.58. The molecule has 0 spiro atoms. The molecule has 1 aromatic carbocycles. The standard InChI is InChI=1S/C22H24N6O/c1-15(29)12-28-14-18(11-25-28)21-8-6-19(23)22(26-21)27(2)13-16-5-7-20-17(10-16)4-3-9-24-20/h3-11,14-15,29H,12-13,23H2,1-2H3. The Kier molecular flexibility index (Phi) is 5.14. The molecule has 0 fully saturated rings. The van der Waals surface area contributed by atoms with Crippen molar-refractivity contribution in [3.63, 3.8) is 0 Å². The van der Waals surface area contributed by atoms with Gasteiger partial charge in [0, 0.05) is 36.9 Å². The lowest BCUT2D eigenvalue weighted by molar-refractivity contribution is 0.168. The van der Waals surface area contributed by atoms with Crippen LogP contribution in [0.1, 0.15) is 12.5 Å². The van der Waals surface area contributed by atoms with Gasteiger partial charge in [-0.1, -0.05) is 12.1 Å². The molecule has 1 unspecified atom stereocenters. The van der Waals surface area contributed by atoms with Crippen molar-refractivity contribution < 1.29 is 5.11 Å². The summed E-state index contributed by atoms with van der Waals surface area (Å²) in [6.07, 6.45) is 4.97. The molecule has 0 amide bonds. The van der Waals surface area contributed by atoms with Gasteiger partial charge in [-0.05, 0) is 42.8 Å². The molecule has 0 saturated heterocycles. The van der Waals surface area contributed by atoms with Crippen LogP contribution in [-0.2, 0) is 13.1 Å². The summed E-state index contributed by atoms with van der Waals surface area (Å²) in [4.78, 5) is 11.2. The minimum atomic E-state index is -0.457. The minimum Gasteiger partial charge on any atom is -0.396 e. The van der Waals surface area contributed by atoms with Crippen LogP contribution in [0.5, 0.6) is 0 Å². The lowest BCUT2D eigenvalue weighted by atomic mass is 10.1. The molecule has 29 heavy (non-hydrogen) atoms. The Hall–Kier alpha value is -3.45. The summed E-state index contributed by atoms with van der Waals surface area (Å²) in [7, 11) is 1.98. The van der Waals surface area contributed by atoms with Gasteiger partial charge in [0.15, 0.2) is 5.82 Å². The van der Waals surface area contributed by atoms with Gasteiger partial charge in [-0.25, -0.2) is 4.98 Å². The van der Waals surface area contributed by atoms with Gasteiger partial charge in [-0.2, -0.15) is 5.10 Å². The summed E-state index contributed by atoms with van der Waals surface area (Å²) in [6, 6.07) is 14.0. The maximum absolute atomic E-state index is 9.54. The van der Waals surface area contributed by atoms with Crippen molar-refractivity contribution >= 4 is 22.4 Å². The first kappa shape index (κ1) is 18.9. The third-order valence-electron chi connectivity index (χ3n) is 4.73. The maximum atomic E-state index is 9.54. The van der Waals surface area contributed by atoms with Gasteiger partial charge >= 0.3 is 0 Å². The molecule has 0 aliphatic carbocycles. The highest BCUT2D eigenvalue weighted by Crippen LogP contribution is 2.26. The predicted molar refractivity (Wildman–Crippen MR) is 115 cm³/mol. The number of anilines is 2. The Morgan fingerprint density at radius 3 is 2.90 bits per heavy atom. The number of fused-ring (bicyclic) bond motifs is 1. The molecule has 0 aliphatic rings. The zero-order valence-electron chi connectivity index (χ0n) is 16.5. The zero-order valence-corrected chi connectivity index (χ0v) is 16.5. The molecule has 0 radical (unpaired) electrons. The van der Waals surface area contributed by atoms with Gasteiger partial charge in [0.2, 0.25) is 0 Å². The minimum absolute atomic E-state index is 0.443. The fourth-order valence-electron chi connectivity index (χ4n) is 3.36. The Morgan fingerprint density at radius 2 is 2.07 bits per heavy atom. The lowest BCUT2D eigenvalue weighted by Gasteiger charge is -2.21. The normalized spacial score (nSPS) is 12.2. The number of pyridine rings is 2. The summed E-state index contributed by atoms with van der Waals surface area (Å²) in [5.41, 5.74) is 10.7. The van der Waals surface area contributed by atoms with Crippen LogP contribution >= 0.6 is 0 Å². The second kappa shape index (κ2) is 7.89. The third-order valence-corrected chi connectivity index (χ3v) is 4.73. The SMILES string of the molecule is CC(O)Cn1cc(-c2ccc(N)c(N(C)Cc3ccc4ncccc4c3)n2)cn1. The summed E-state index contributed by atoms with van der Waals surface area (Å²) in [5.74, 6) is 0.719. The number of hydrogen-bond acceptors (Lipinski definition) is 6. The molecular weight excluding hydrogens is 364 g/mol. The second-order valence-electron chi connectivity index (χ2n) is 7.30. The summed E-state index contributed by atoms with van der Waals surface area (Å²) < 4.78 is 1.71. The van der Waals surface area contributed by atoms with Crippen molar-refractivity contribution in [1.29, 1.82) is 0 Å². The van der Waals surface area contributed by atoms with Gasteiger partial charge < -0.3 is 15.7 Å². The van der Waals surface area contributed by atoms with Crippen LogP contribution < -0.4 is 10.6 Å². The van der Waals surface area contributed by atoms with Crippen molar-refractivity contribution in [1.82, 2.24) is 19.7 Å². The van der Waals surface area contributed by atoms with Crippen LogP contribution in [0.3, 0.4) is 0 Å². The number of rotatable bonds is 6. The average Bonchev–Trinajstić information content (AvgIpc) is 3.16. The Bertz CT molecular complexity index is 1140. The monoisotopic (exact) mass is 388 g/mol. The molecule has 0 saturated carbocycles. The van der Waals surface area contributed by atoms with E-state index in [0.29, 0.717) is 18.8 Å². The molecule has 7 heteroatoms. The molecule has 0 bridgehead atoms. The highest BCUT2D eigenvalue weighted by atomic mass is 16.3. The fourth-order valence-corrected chi connectivity index (χ4v) is 3.36. The summed E-state index contributed by atoms with van der Waals surface area (Å²) in [5, 5.41) is 14.9. The second-order valence-corrected chi connectivity index (χ2v) is 7.30. The van der Waals surface area contributed by atoms with E-state index in [9.17, 15) is 5.11 Å². The number of nitrogen functional groups attached to an aromatic ring is 1. The smallest absolute Gasteiger partial charge is 0.152 e. The van der Waals surface area contributed by atoms with Crippen molar-refractivity contribution in [2.24, 2.45) is 0 Å². The van der Waals surface area contributed by atoms with Gasteiger partial charge in [-0.3, -0.25) is 9.67 Å². The van der Waals surface area contributed by atoms with Crippen molar-refractivity contribution in [2.45, 2.75) is 26.1 Å². The number of nitrogens with two attached hydrogens (primary N) is 1. The van der Waals surface area contributed by atoms with Crippen LogP contribution in [0.2, 0.25) is 0 Å². The molecule has 3 N–H and O–H groups in total.